The van der Waals surface area contributed by atoms with Gasteiger partial charge in [0.25, 0.3) is 0 Å². The van der Waals surface area contributed by atoms with Gasteiger partial charge in [0, 0.05) is 6.54 Å². The number of hydrogen-bond donors (Lipinski definition) is 0. The van der Waals surface area contributed by atoms with Crippen molar-refractivity contribution < 1.29 is 0 Å². The maximum absolute atomic E-state index is 4.23. The molecule has 2 aromatic rings. The van der Waals surface area contributed by atoms with Crippen LogP contribution < -0.4 is 0 Å². The average molecular weight is 293 g/mol. The lowest BCUT2D eigenvalue weighted by atomic mass is 9.98. The van der Waals surface area contributed by atoms with Crippen LogP contribution in [0.5, 0.6) is 0 Å². The highest BCUT2D eigenvalue weighted by molar-refractivity contribution is 5.77. The molecular formula is C21H27N. The second-order valence-corrected chi connectivity index (χ2v) is 5.82. The quantitative estimate of drug-likeness (QED) is 0.632. The first-order chi connectivity index (χ1) is 10.7. The first-order valence-electron chi connectivity index (χ1n) is 8.30. The van der Waals surface area contributed by atoms with E-state index >= 15 is 0 Å². The fourth-order valence-corrected chi connectivity index (χ4v) is 2.78. The lowest BCUT2D eigenvalue weighted by molar-refractivity contribution is 0.266. The Bertz CT molecular complexity index is 563. The molecule has 0 aliphatic heterocycles. The summed E-state index contributed by atoms with van der Waals surface area (Å²) in [5.41, 5.74) is 4.86. The van der Waals surface area contributed by atoms with E-state index in [9.17, 15) is 0 Å². The van der Waals surface area contributed by atoms with Gasteiger partial charge in [-0.1, -0.05) is 75.0 Å². The summed E-state index contributed by atoms with van der Waals surface area (Å²) < 4.78 is 0. The third kappa shape index (κ3) is 4.57. The molecule has 22 heavy (non-hydrogen) atoms. The van der Waals surface area contributed by atoms with Crippen molar-refractivity contribution in [2.75, 3.05) is 13.1 Å². The predicted octanol–water partition coefficient (Wildman–Crippen LogP) is 5.37. The van der Waals surface area contributed by atoms with E-state index in [0.717, 1.165) is 12.1 Å². The second-order valence-electron chi connectivity index (χ2n) is 5.82. The molecule has 0 atom stereocenters. The van der Waals surface area contributed by atoms with Crippen molar-refractivity contribution in [3.8, 4) is 0 Å². The maximum atomic E-state index is 4.23. The average Bonchev–Trinajstić information content (AvgIpc) is 2.56. The third-order valence-corrected chi connectivity index (χ3v) is 3.91. The minimum Gasteiger partial charge on any atom is -0.299 e. The molecule has 0 N–H and O–H groups in total. The van der Waals surface area contributed by atoms with Crippen LogP contribution >= 0.6 is 0 Å². The van der Waals surface area contributed by atoms with Gasteiger partial charge in [0.05, 0.1) is 0 Å². The molecule has 116 valence electrons. The molecule has 0 aliphatic rings. The molecule has 0 aromatic heterocycles. The van der Waals surface area contributed by atoms with Gasteiger partial charge in [-0.25, -0.2) is 0 Å². The van der Waals surface area contributed by atoms with Crippen LogP contribution in [0.1, 0.15) is 43.4 Å². The Balaban J connectivity index is 2.05. The topological polar surface area (TPSA) is 3.24 Å². The van der Waals surface area contributed by atoms with E-state index in [1.54, 1.807) is 0 Å². The number of rotatable bonds is 8. The van der Waals surface area contributed by atoms with E-state index in [4.69, 9.17) is 0 Å². The first-order valence-corrected chi connectivity index (χ1v) is 8.30. The van der Waals surface area contributed by atoms with Gasteiger partial charge in [-0.2, -0.15) is 0 Å². The summed E-state index contributed by atoms with van der Waals surface area (Å²) in [6, 6.07) is 19.2. The molecule has 1 nitrogen and oxygen atoms in total. The molecule has 0 spiro atoms. The van der Waals surface area contributed by atoms with Crippen LogP contribution in [-0.4, -0.2) is 18.0 Å². The van der Waals surface area contributed by atoms with Gasteiger partial charge in [0.1, 0.15) is 0 Å². The molecule has 2 rings (SSSR count). The predicted molar refractivity (Wildman–Crippen MR) is 96.9 cm³/mol. The van der Waals surface area contributed by atoms with Crippen LogP contribution in [0.25, 0.3) is 5.57 Å². The molecule has 0 heterocycles. The molecule has 0 amide bonds. The van der Waals surface area contributed by atoms with Crippen molar-refractivity contribution in [1.82, 2.24) is 4.90 Å². The van der Waals surface area contributed by atoms with Crippen LogP contribution in [0.15, 0.2) is 61.2 Å². The van der Waals surface area contributed by atoms with Crippen molar-refractivity contribution in [3.05, 3.63) is 77.9 Å². The highest BCUT2D eigenvalue weighted by Gasteiger charge is 2.05. The zero-order valence-electron chi connectivity index (χ0n) is 13.9. The minimum atomic E-state index is 1.04. The summed E-state index contributed by atoms with van der Waals surface area (Å²) in [5.74, 6) is 0. The number of nitrogens with zero attached hydrogens (tertiary/aromatic N) is 1. The van der Waals surface area contributed by atoms with E-state index in [1.165, 1.54) is 42.6 Å². The van der Waals surface area contributed by atoms with Gasteiger partial charge in [0.2, 0.25) is 0 Å². The van der Waals surface area contributed by atoms with E-state index in [1.807, 2.05) is 6.07 Å². The van der Waals surface area contributed by atoms with Crippen LogP contribution in [0.3, 0.4) is 0 Å². The molecule has 1 heteroatoms. The molecule has 0 bridgehead atoms. The minimum absolute atomic E-state index is 1.04. The number of benzene rings is 2. The third-order valence-electron chi connectivity index (χ3n) is 3.91. The van der Waals surface area contributed by atoms with E-state index in [0.29, 0.717) is 0 Å². The molecule has 0 fully saturated rings. The van der Waals surface area contributed by atoms with Crippen molar-refractivity contribution in [2.45, 2.75) is 33.2 Å². The highest BCUT2D eigenvalue weighted by Crippen LogP contribution is 2.21. The van der Waals surface area contributed by atoms with Gasteiger partial charge in [-0.3, -0.25) is 4.90 Å². The summed E-state index contributed by atoms with van der Waals surface area (Å²) in [4.78, 5) is 2.53. The van der Waals surface area contributed by atoms with E-state index in [2.05, 4.69) is 73.9 Å². The maximum Gasteiger partial charge on any atom is 0.0233 e. The molecule has 0 saturated heterocycles. The van der Waals surface area contributed by atoms with Crippen LogP contribution in [0.2, 0.25) is 0 Å². The Morgan fingerprint density at radius 1 is 0.818 bits per heavy atom. The van der Waals surface area contributed by atoms with Crippen molar-refractivity contribution in [2.24, 2.45) is 0 Å². The van der Waals surface area contributed by atoms with Gasteiger partial charge >= 0.3 is 0 Å². The summed E-state index contributed by atoms with van der Waals surface area (Å²) in [6.45, 7) is 12.1. The summed E-state index contributed by atoms with van der Waals surface area (Å²) in [7, 11) is 0. The van der Waals surface area contributed by atoms with Gasteiger partial charge < -0.3 is 0 Å². The highest BCUT2D eigenvalue weighted by atomic mass is 15.1. The normalized spacial score (nSPS) is 10.9. The van der Waals surface area contributed by atoms with Crippen LogP contribution in [-0.2, 0) is 6.54 Å². The van der Waals surface area contributed by atoms with E-state index < -0.39 is 0 Å². The molecular weight excluding hydrogens is 266 g/mol. The van der Waals surface area contributed by atoms with Crippen molar-refractivity contribution in [3.63, 3.8) is 0 Å². The fraction of sp³-hybridized carbons (Fsp3) is 0.333. The lowest BCUT2D eigenvalue weighted by Gasteiger charge is -2.21. The van der Waals surface area contributed by atoms with Gasteiger partial charge in [0.15, 0.2) is 0 Å². The Labute approximate surface area is 135 Å². The standard InChI is InChI=1S/C21H27N/c1-4-15-22(16-5-2)17-19-11-13-21(14-12-19)18(3)20-9-7-6-8-10-20/h6-14H,3-5,15-17H2,1-2H3. The lowest BCUT2D eigenvalue weighted by Crippen LogP contribution is -2.24. The van der Waals surface area contributed by atoms with Crippen LogP contribution in [0, 0.1) is 0 Å². The Morgan fingerprint density at radius 3 is 1.91 bits per heavy atom. The Kier molecular flexibility index (Phi) is 6.42. The first kappa shape index (κ1) is 16.5. The Morgan fingerprint density at radius 2 is 1.36 bits per heavy atom. The molecule has 0 aliphatic carbocycles. The van der Waals surface area contributed by atoms with Gasteiger partial charge in [-0.05, 0) is 48.2 Å². The molecule has 2 aromatic carbocycles. The van der Waals surface area contributed by atoms with Crippen molar-refractivity contribution >= 4 is 5.57 Å². The summed E-state index contributed by atoms with van der Waals surface area (Å²) >= 11 is 0. The van der Waals surface area contributed by atoms with Crippen molar-refractivity contribution in [1.29, 1.82) is 0 Å². The number of hydrogen-bond acceptors (Lipinski definition) is 1. The Hall–Kier alpha value is -1.86. The SMILES string of the molecule is C=C(c1ccccc1)c1ccc(CN(CCC)CCC)cc1. The van der Waals surface area contributed by atoms with Gasteiger partial charge in [-0.15, -0.1) is 0 Å². The zero-order valence-corrected chi connectivity index (χ0v) is 13.9. The fourth-order valence-electron chi connectivity index (χ4n) is 2.78. The summed E-state index contributed by atoms with van der Waals surface area (Å²) in [5, 5.41) is 0. The zero-order chi connectivity index (χ0) is 15.8. The largest absolute Gasteiger partial charge is 0.299 e. The smallest absolute Gasteiger partial charge is 0.0233 e. The monoisotopic (exact) mass is 293 g/mol. The molecule has 0 unspecified atom stereocenters. The molecule has 0 radical (unpaired) electrons. The second kappa shape index (κ2) is 8.55. The van der Waals surface area contributed by atoms with Crippen LogP contribution in [0.4, 0.5) is 0 Å². The van der Waals surface area contributed by atoms with E-state index in [-0.39, 0.29) is 0 Å². The molecule has 0 saturated carbocycles. The summed E-state index contributed by atoms with van der Waals surface area (Å²) in [6.07, 6.45) is 2.42.